The van der Waals surface area contributed by atoms with Gasteiger partial charge in [0.1, 0.15) is 6.04 Å². The van der Waals surface area contributed by atoms with Crippen molar-refractivity contribution >= 4 is 5.91 Å². The highest BCUT2D eigenvalue weighted by atomic mass is 16.7. The van der Waals surface area contributed by atoms with Gasteiger partial charge in [-0.05, 0) is 18.4 Å². The van der Waals surface area contributed by atoms with E-state index in [1.807, 2.05) is 30.1 Å². The first-order valence-corrected chi connectivity index (χ1v) is 7.59. The molecule has 3 unspecified atom stereocenters. The minimum Gasteiger partial charge on any atom is -0.334 e. The summed E-state index contributed by atoms with van der Waals surface area (Å²) in [5, 5.41) is 1.70. The van der Waals surface area contributed by atoms with E-state index in [2.05, 4.69) is 32.9 Å². The van der Waals surface area contributed by atoms with Crippen LogP contribution in [0, 0.1) is 11.8 Å². The number of hydrogen-bond acceptors (Lipinski definition) is 3. The van der Waals surface area contributed by atoms with Crippen molar-refractivity contribution in [2.45, 2.75) is 40.3 Å². The fraction of sp³-hybridized carbons (Fsp3) is 0.611. The van der Waals surface area contributed by atoms with E-state index in [0.29, 0.717) is 5.92 Å². The fourth-order valence-corrected chi connectivity index (χ4v) is 3.14. The van der Waals surface area contributed by atoms with Crippen LogP contribution in [0.25, 0.3) is 0 Å². The zero-order chi connectivity index (χ0) is 15.6. The van der Waals surface area contributed by atoms with Crippen LogP contribution < -0.4 is 0 Å². The van der Waals surface area contributed by atoms with Gasteiger partial charge in [-0.3, -0.25) is 4.79 Å². The molecule has 124 valence electrons. The lowest BCUT2D eigenvalue weighted by Crippen LogP contribution is -2.43. The van der Waals surface area contributed by atoms with Crippen LogP contribution in [-0.2, 0) is 9.63 Å². The lowest BCUT2D eigenvalue weighted by molar-refractivity contribution is -0.167. The Morgan fingerprint density at radius 3 is 2.32 bits per heavy atom. The van der Waals surface area contributed by atoms with Gasteiger partial charge in [-0.1, -0.05) is 51.6 Å². The number of likely N-dealkylation sites (N-methyl/N-ethyl adjacent to an activating group) is 1. The molecule has 0 radical (unpaired) electrons. The van der Waals surface area contributed by atoms with Gasteiger partial charge in [-0.15, -0.1) is 0 Å². The molecular weight excluding hydrogens is 276 g/mol. The van der Waals surface area contributed by atoms with E-state index in [0.717, 1.165) is 6.54 Å². The number of rotatable bonds is 5. The largest absolute Gasteiger partial charge is 0.334 e. The molecule has 1 fully saturated rings. The lowest BCUT2D eigenvalue weighted by Gasteiger charge is -2.27. The van der Waals surface area contributed by atoms with Crippen LogP contribution in [0.2, 0.25) is 0 Å². The van der Waals surface area contributed by atoms with Gasteiger partial charge in [0.05, 0.1) is 13.2 Å². The first-order valence-electron chi connectivity index (χ1n) is 7.59. The zero-order valence-corrected chi connectivity index (χ0v) is 13.6. The number of carbonyl (C=O) groups is 1. The number of benzene rings is 1. The SMILES string of the molecule is C.CON(C)C1C(=O)N(C(C)c2ccccc2)CC1C(C)C. The monoisotopic (exact) mass is 306 g/mol. The van der Waals surface area contributed by atoms with E-state index in [1.54, 1.807) is 12.2 Å². The molecule has 4 heteroatoms. The summed E-state index contributed by atoms with van der Waals surface area (Å²) in [5.74, 6) is 0.882. The molecule has 0 aromatic heterocycles. The molecule has 1 heterocycles. The molecule has 1 saturated heterocycles. The number of hydrogen-bond donors (Lipinski definition) is 0. The summed E-state index contributed by atoms with van der Waals surface area (Å²) in [7, 11) is 3.46. The second-order valence-electron chi connectivity index (χ2n) is 6.16. The van der Waals surface area contributed by atoms with Gasteiger partial charge in [0.2, 0.25) is 5.91 Å². The Hall–Kier alpha value is -1.39. The quantitative estimate of drug-likeness (QED) is 0.782. The van der Waals surface area contributed by atoms with Crippen LogP contribution in [-0.4, -0.2) is 42.6 Å². The van der Waals surface area contributed by atoms with E-state index in [4.69, 9.17) is 4.84 Å². The Labute approximate surface area is 135 Å². The van der Waals surface area contributed by atoms with Crippen molar-refractivity contribution in [1.29, 1.82) is 0 Å². The molecule has 0 saturated carbocycles. The summed E-state index contributed by atoms with van der Waals surface area (Å²) in [6.45, 7) is 7.22. The van der Waals surface area contributed by atoms with Crippen molar-refractivity contribution in [2.24, 2.45) is 11.8 Å². The first kappa shape index (κ1) is 18.7. The van der Waals surface area contributed by atoms with Gasteiger partial charge in [0, 0.05) is 19.5 Å². The van der Waals surface area contributed by atoms with Crippen molar-refractivity contribution in [3.8, 4) is 0 Å². The second-order valence-corrected chi connectivity index (χ2v) is 6.16. The Morgan fingerprint density at radius 2 is 1.82 bits per heavy atom. The third-order valence-electron chi connectivity index (χ3n) is 4.63. The minimum atomic E-state index is -0.193. The molecule has 1 aliphatic rings. The summed E-state index contributed by atoms with van der Waals surface area (Å²) in [5.41, 5.74) is 1.18. The summed E-state index contributed by atoms with van der Waals surface area (Å²) in [4.78, 5) is 20.1. The van der Waals surface area contributed by atoms with Gasteiger partial charge in [-0.25, -0.2) is 0 Å². The molecule has 3 atom stereocenters. The summed E-state index contributed by atoms with van der Waals surface area (Å²) in [6, 6.07) is 10.1. The van der Waals surface area contributed by atoms with Crippen LogP contribution in [0.1, 0.15) is 39.8 Å². The summed E-state index contributed by atoms with van der Waals surface area (Å²) >= 11 is 0. The molecule has 1 amide bonds. The Morgan fingerprint density at radius 1 is 1.23 bits per heavy atom. The van der Waals surface area contributed by atoms with Gasteiger partial charge >= 0.3 is 0 Å². The van der Waals surface area contributed by atoms with Crippen molar-refractivity contribution < 1.29 is 9.63 Å². The van der Waals surface area contributed by atoms with E-state index >= 15 is 0 Å². The minimum absolute atomic E-state index is 0. The predicted octanol–water partition coefficient (Wildman–Crippen LogP) is 3.36. The molecule has 22 heavy (non-hydrogen) atoms. The van der Waals surface area contributed by atoms with Crippen LogP contribution in [0.15, 0.2) is 30.3 Å². The van der Waals surface area contributed by atoms with Gasteiger partial charge in [-0.2, -0.15) is 5.06 Å². The molecule has 0 aliphatic carbocycles. The van der Waals surface area contributed by atoms with Gasteiger partial charge in [0.15, 0.2) is 0 Å². The molecule has 1 aliphatic heterocycles. The number of likely N-dealkylation sites (tertiary alicyclic amines) is 1. The molecule has 2 rings (SSSR count). The Kier molecular flexibility index (Phi) is 6.57. The summed E-state index contributed by atoms with van der Waals surface area (Å²) < 4.78 is 0. The highest BCUT2D eigenvalue weighted by molar-refractivity contribution is 5.85. The van der Waals surface area contributed by atoms with E-state index in [1.165, 1.54) is 5.56 Å². The molecule has 1 aromatic rings. The highest BCUT2D eigenvalue weighted by Gasteiger charge is 2.46. The van der Waals surface area contributed by atoms with Crippen molar-refractivity contribution in [3.63, 3.8) is 0 Å². The average Bonchev–Trinajstić information content (AvgIpc) is 2.84. The second kappa shape index (κ2) is 7.75. The zero-order valence-electron chi connectivity index (χ0n) is 13.6. The van der Waals surface area contributed by atoms with Crippen LogP contribution in [0.5, 0.6) is 0 Å². The first-order chi connectivity index (χ1) is 9.97. The predicted molar refractivity (Wildman–Crippen MR) is 90.2 cm³/mol. The smallest absolute Gasteiger partial charge is 0.243 e. The van der Waals surface area contributed by atoms with E-state index < -0.39 is 0 Å². The number of hydroxylamine groups is 2. The fourth-order valence-electron chi connectivity index (χ4n) is 3.14. The van der Waals surface area contributed by atoms with E-state index in [9.17, 15) is 4.79 Å². The van der Waals surface area contributed by atoms with Crippen molar-refractivity contribution in [3.05, 3.63) is 35.9 Å². The van der Waals surface area contributed by atoms with Crippen LogP contribution in [0.4, 0.5) is 0 Å². The Bertz CT molecular complexity index is 475. The molecule has 0 N–H and O–H groups in total. The number of nitrogens with zero attached hydrogens (tertiary/aromatic N) is 2. The number of amides is 1. The third-order valence-corrected chi connectivity index (χ3v) is 4.63. The lowest BCUT2D eigenvalue weighted by atomic mass is 9.91. The third kappa shape index (κ3) is 3.50. The topological polar surface area (TPSA) is 32.8 Å². The van der Waals surface area contributed by atoms with Crippen molar-refractivity contribution in [2.75, 3.05) is 20.7 Å². The molecule has 4 nitrogen and oxygen atoms in total. The average molecular weight is 306 g/mol. The molecule has 1 aromatic carbocycles. The van der Waals surface area contributed by atoms with Crippen LogP contribution in [0.3, 0.4) is 0 Å². The van der Waals surface area contributed by atoms with Gasteiger partial charge < -0.3 is 9.74 Å². The number of carbonyl (C=O) groups excluding carboxylic acids is 1. The van der Waals surface area contributed by atoms with Crippen LogP contribution >= 0.6 is 0 Å². The normalized spacial score (nSPS) is 23.0. The molecule has 0 spiro atoms. The maximum Gasteiger partial charge on any atom is 0.243 e. The van der Waals surface area contributed by atoms with Crippen molar-refractivity contribution in [1.82, 2.24) is 9.96 Å². The van der Waals surface area contributed by atoms with Gasteiger partial charge in [0.25, 0.3) is 0 Å². The maximum atomic E-state index is 12.8. The van der Waals surface area contributed by atoms with E-state index in [-0.39, 0.29) is 31.3 Å². The summed E-state index contributed by atoms with van der Waals surface area (Å²) in [6.07, 6.45) is 0. The standard InChI is InChI=1S/C17H26N2O2.CH4/c1-12(2)15-11-19(17(20)16(15)18(4)21-5)13(3)14-9-7-6-8-10-14;/h6-10,12-13,15-16H,11H2,1-5H3;1H4. The Balaban J connectivity index is 0.00000242. The maximum absolute atomic E-state index is 12.8. The molecule has 0 bridgehead atoms. The molecular formula is C18H30N2O2. The highest BCUT2D eigenvalue weighted by Crippen LogP contribution is 2.34.